The zero-order valence-corrected chi connectivity index (χ0v) is 19.7. The Balaban J connectivity index is 1.65. The number of fused-ring (bicyclic) bond motifs is 1. The lowest BCUT2D eigenvalue weighted by Crippen LogP contribution is -2.08. The number of benzene rings is 1. The first-order valence-corrected chi connectivity index (χ1v) is 12.8. The smallest absolute Gasteiger partial charge is 0.322 e. The van der Waals surface area contributed by atoms with Crippen LogP contribution in [0.5, 0.6) is 0 Å². The molecular formula is C26H22F3N3O2S. The fourth-order valence-corrected chi connectivity index (χ4v) is 5.19. The first-order valence-electron chi connectivity index (χ1n) is 11.2. The molecule has 5 rings (SSSR count). The van der Waals surface area contributed by atoms with Crippen LogP contribution >= 0.6 is 0 Å². The van der Waals surface area contributed by atoms with E-state index in [-0.39, 0.29) is 27.7 Å². The van der Waals surface area contributed by atoms with Crippen molar-refractivity contribution >= 4 is 16.0 Å². The second-order valence-corrected chi connectivity index (χ2v) is 10.8. The summed E-state index contributed by atoms with van der Waals surface area (Å²) in [6.07, 6.45) is 1.54. The molecule has 35 heavy (non-hydrogen) atoms. The predicted octanol–water partition coefficient (Wildman–Crippen LogP) is 6.51. The Morgan fingerprint density at radius 1 is 1.09 bits per heavy atom. The van der Waals surface area contributed by atoms with Crippen LogP contribution in [0.2, 0.25) is 0 Å². The minimum Gasteiger partial charge on any atom is -0.322 e. The van der Waals surface area contributed by atoms with Crippen molar-refractivity contribution in [3.8, 4) is 33.9 Å². The Kier molecular flexibility index (Phi) is 5.55. The van der Waals surface area contributed by atoms with E-state index in [2.05, 4.69) is 16.5 Å². The number of rotatable bonds is 6. The number of hydrogen-bond acceptors (Lipinski definition) is 4. The second kappa shape index (κ2) is 8.34. The van der Waals surface area contributed by atoms with E-state index in [4.69, 9.17) is 0 Å². The van der Waals surface area contributed by atoms with Crippen molar-refractivity contribution in [3.05, 3.63) is 72.6 Å². The van der Waals surface area contributed by atoms with Crippen molar-refractivity contribution in [1.29, 1.82) is 0 Å². The van der Waals surface area contributed by atoms with Crippen LogP contribution in [0.15, 0.2) is 66.3 Å². The van der Waals surface area contributed by atoms with E-state index in [1.54, 1.807) is 12.3 Å². The first-order chi connectivity index (χ1) is 16.6. The number of sulfone groups is 1. The summed E-state index contributed by atoms with van der Waals surface area (Å²) < 4.78 is 67.3. The van der Waals surface area contributed by atoms with Crippen molar-refractivity contribution in [2.75, 3.05) is 5.75 Å². The predicted molar refractivity (Wildman–Crippen MR) is 129 cm³/mol. The molecule has 1 aromatic carbocycles. The van der Waals surface area contributed by atoms with Gasteiger partial charge in [-0.1, -0.05) is 37.8 Å². The largest absolute Gasteiger partial charge is 0.417 e. The molecule has 2 aromatic rings. The van der Waals surface area contributed by atoms with Gasteiger partial charge in [0.25, 0.3) is 0 Å². The van der Waals surface area contributed by atoms with E-state index in [1.807, 2.05) is 24.3 Å². The standard InChI is InChI=1S/C26H22F3N3O2S/c1-3-32-15-20(26(27,28)29)12-21-23(32)13-22(31-21)25-24(35(33,34)4-2)11-19(14-30-25)18-9-7-17(8-10-18)16-5-6-16/h3,7-16H,1,4-6H2,2H3. The lowest BCUT2D eigenvalue weighted by molar-refractivity contribution is -0.137. The average molecular weight is 498 g/mol. The van der Waals surface area contributed by atoms with Crippen LogP contribution in [0.1, 0.15) is 36.8 Å². The molecule has 0 unspecified atom stereocenters. The van der Waals surface area contributed by atoms with Crippen LogP contribution in [0, 0.1) is 0 Å². The molecule has 9 heteroatoms. The molecule has 0 amide bonds. The Morgan fingerprint density at radius 2 is 1.80 bits per heavy atom. The monoisotopic (exact) mass is 497 g/mol. The highest BCUT2D eigenvalue weighted by molar-refractivity contribution is 7.91. The van der Waals surface area contributed by atoms with Crippen molar-refractivity contribution in [2.24, 2.45) is 0 Å². The van der Waals surface area contributed by atoms with Crippen LogP contribution in [0.25, 0.3) is 40.1 Å². The molecule has 1 saturated carbocycles. The fraction of sp³-hybridized carbons (Fsp3) is 0.231. The quantitative estimate of drug-likeness (QED) is 0.305. The van der Waals surface area contributed by atoms with E-state index >= 15 is 0 Å². The van der Waals surface area contributed by atoms with Gasteiger partial charge in [0.05, 0.1) is 33.3 Å². The molecule has 2 aliphatic heterocycles. The van der Waals surface area contributed by atoms with Gasteiger partial charge in [-0.05, 0) is 48.1 Å². The van der Waals surface area contributed by atoms with E-state index in [1.165, 1.54) is 42.2 Å². The molecule has 0 saturated heterocycles. The van der Waals surface area contributed by atoms with Gasteiger partial charge in [-0.15, -0.1) is 0 Å². The zero-order chi connectivity index (χ0) is 25.0. The summed E-state index contributed by atoms with van der Waals surface area (Å²) in [7, 11) is -3.71. The Morgan fingerprint density at radius 3 is 2.40 bits per heavy atom. The molecular weight excluding hydrogens is 475 g/mol. The summed E-state index contributed by atoms with van der Waals surface area (Å²) in [6.45, 7) is 5.11. The van der Waals surface area contributed by atoms with Gasteiger partial charge in [0.2, 0.25) is 0 Å². The van der Waals surface area contributed by atoms with Gasteiger partial charge >= 0.3 is 6.18 Å². The summed E-state index contributed by atoms with van der Waals surface area (Å²) >= 11 is 0. The maximum atomic E-state index is 13.3. The van der Waals surface area contributed by atoms with Gasteiger partial charge < -0.3 is 4.57 Å². The Labute approximate surface area is 201 Å². The minimum absolute atomic E-state index is 0.00669. The molecule has 1 fully saturated rings. The highest BCUT2D eigenvalue weighted by Gasteiger charge is 2.33. The molecule has 0 spiro atoms. The molecule has 3 heterocycles. The highest BCUT2D eigenvalue weighted by atomic mass is 32.2. The fourth-order valence-electron chi connectivity index (χ4n) is 4.12. The Hall–Kier alpha value is -3.46. The van der Waals surface area contributed by atoms with Gasteiger partial charge in [-0.2, -0.15) is 13.2 Å². The summed E-state index contributed by atoms with van der Waals surface area (Å²) in [4.78, 5) is 8.74. The van der Waals surface area contributed by atoms with E-state index in [9.17, 15) is 21.6 Å². The maximum Gasteiger partial charge on any atom is 0.417 e. The summed E-state index contributed by atoms with van der Waals surface area (Å²) in [5, 5.41) is 0. The molecule has 5 nitrogen and oxygen atoms in total. The third-order valence-corrected chi connectivity index (χ3v) is 7.99. The third kappa shape index (κ3) is 4.36. The third-order valence-electron chi connectivity index (χ3n) is 6.25. The normalized spacial score (nSPS) is 14.4. The second-order valence-electron chi connectivity index (χ2n) is 8.60. The topological polar surface area (TPSA) is 64.8 Å². The SMILES string of the molecule is C=Cn1cc(C(F)(F)F)cc2nc(-c3ncc(-c4ccc(C5CC5)cc4)cc3S(=O)(=O)CC)cc1-2. The van der Waals surface area contributed by atoms with Crippen LogP contribution in [0.4, 0.5) is 13.2 Å². The Bertz CT molecular complexity index is 1500. The molecule has 0 radical (unpaired) electrons. The van der Waals surface area contributed by atoms with Crippen molar-refractivity contribution < 1.29 is 21.6 Å². The lowest BCUT2D eigenvalue weighted by atomic mass is 10.0. The number of pyridine rings is 2. The molecule has 0 atom stereocenters. The summed E-state index contributed by atoms with van der Waals surface area (Å²) in [6, 6.07) is 12.0. The van der Waals surface area contributed by atoms with Crippen molar-refractivity contribution in [1.82, 2.24) is 14.5 Å². The van der Waals surface area contributed by atoms with Crippen molar-refractivity contribution in [2.45, 2.75) is 36.8 Å². The number of nitrogens with zero attached hydrogens (tertiary/aromatic N) is 3. The van der Waals surface area contributed by atoms with Gasteiger partial charge in [0, 0.05) is 24.2 Å². The maximum absolute atomic E-state index is 13.3. The lowest BCUT2D eigenvalue weighted by Gasteiger charge is -2.12. The zero-order valence-electron chi connectivity index (χ0n) is 18.9. The van der Waals surface area contributed by atoms with Crippen LogP contribution in [-0.2, 0) is 16.0 Å². The van der Waals surface area contributed by atoms with E-state index in [0.29, 0.717) is 17.2 Å². The van der Waals surface area contributed by atoms with Gasteiger partial charge in [0.15, 0.2) is 9.84 Å². The van der Waals surface area contributed by atoms with Gasteiger partial charge in [0.1, 0.15) is 5.69 Å². The number of alkyl halides is 3. The number of hydrogen-bond donors (Lipinski definition) is 0. The number of aromatic nitrogens is 3. The van der Waals surface area contributed by atoms with Gasteiger partial charge in [-0.3, -0.25) is 4.98 Å². The van der Waals surface area contributed by atoms with Crippen LogP contribution in [-0.4, -0.2) is 28.7 Å². The molecule has 1 aromatic heterocycles. The minimum atomic E-state index is -4.57. The molecule has 0 bridgehead atoms. The van der Waals surface area contributed by atoms with E-state index in [0.717, 1.165) is 17.8 Å². The molecule has 180 valence electrons. The molecule has 3 aliphatic rings. The number of halogens is 3. The summed E-state index contributed by atoms with van der Waals surface area (Å²) in [5.41, 5.74) is 2.57. The molecule has 1 aliphatic carbocycles. The summed E-state index contributed by atoms with van der Waals surface area (Å²) in [5.74, 6) is 0.450. The van der Waals surface area contributed by atoms with Gasteiger partial charge in [-0.25, -0.2) is 13.4 Å². The average Bonchev–Trinajstić information content (AvgIpc) is 3.60. The van der Waals surface area contributed by atoms with Crippen LogP contribution in [0.3, 0.4) is 0 Å². The molecule has 0 N–H and O–H groups in total. The first kappa shape index (κ1) is 23.3. The van der Waals surface area contributed by atoms with E-state index < -0.39 is 21.6 Å². The van der Waals surface area contributed by atoms with Crippen LogP contribution < -0.4 is 0 Å². The van der Waals surface area contributed by atoms with Crippen molar-refractivity contribution in [3.63, 3.8) is 0 Å². The highest BCUT2D eigenvalue weighted by Crippen LogP contribution is 2.41.